The molecular weight excluding hydrogens is 254 g/mol. The van der Waals surface area contributed by atoms with Crippen molar-refractivity contribution in [3.8, 4) is 11.5 Å². The van der Waals surface area contributed by atoms with E-state index in [4.69, 9.17) is 26.2 Å². The summed E-state index contributed by atoms with van der Waals surface area (Å²) in [6.45, 7) is 2.88. The van der Waals surface area contributed by atoms with Crippen molar-refractivity contribution in [3.05, 3.63) is 22.7 Å². The van der Waals surface area contributed by atoms with E-state index < -0.39 is 0 Å². The van der Waals surface area contributed by atoms with Crippen LogP contribution in [-0.2, 0) is 6.54 Å². The molecule has 102 valence electrons. The van der Waals surface area contributed by atoms with Crippen molar-refractivity contribution in [2.24, 2.45) is 0 Å². The fourth-order valence-corrected chi connectivity index (χ4v) is 1.97. The van der Waals surface area contributed by atoms with Crippen LogP contribution < -0.4 is 14.8 Å². The lowest BCUT2D eigenvalue weighted by Gasteiger charge is -2.15. The summed E-state index contributed by atoms with van der Waals surface area (Å²) in [5, 5.41) is 12.7. The van der Waals surface area contributed by atoms with Crippen LogP contribution in [0, 0.1) is 0 Å². The summed E-state index contributed by atoms with van der Waals surface area (Å²) in [7, 11) is 3.14. The Bertz CT molecular complexity index is 385. The molecule has 5 heteroatoms. The number of aliphatic hydroxyl groups is 1. The molecule has 1 rings (SSSR count). The highest BCUT2D eigenvalue weighted by Crippen LogP contribution is 2.35. The molecule has 0 amide bonds. The lowest BCUT2D eigenvalue weighted by atomic mass is 10.1. The number of rotatable bonds is 7. The quantitative estimate of drug-likeness (QED) is 0.800. The molecule has 2 N–H and O–H groups in total. The average molecular weight is 274 g/mol. The molecule has 0 fully saturated rings. The first-order valence-electron chi connectivity index (χ1n) is 5.87. The van der Waals surface area contributed by atoms with E-state index in [1.807, 2.05) is 19.1 Å². The lowest BCUT2D eigenvalue weighted by Crippen LogP contribution is -2.26. The van der Waals surface area contributed by atoms with E-state index in [2.05, 4.69) is 5.32 Å². The van der Waals surface area contributed by atoms with Crippen LogP contribution in [0.2, 0.25) is 5.02 Å². The van der Waals surface area contributed by atoms with Crippen molar-refractivity contribution in [1.29, 1.82) is 0 Å². The lowest BCUT2D eigenvalue weighted by molar-refractivity contribution is 0.268. The first-order chi connectivity index (χ1) is 8.62. The Morgan fingerprint density at radius 2 is 2.06 bits per heavy atom. The largest absolute Gasteiger partial charge is 0.493 e. The Morgan fingerprint density at radius 3 is 2.61 bits per heavy atom. The van der Waals surface area contributed by atoms with E-state index in [1.54, 1.807) is 14.2 Å². The van der Waals surface area contributed by atoms with E-state index in [9.17, 15) is 0 Å². The van der Waals surface area contributed by atoms with Crippen LogP contribution in [0.4, 0.5) is 0 Å². The monoisotopic (exact) mass is 273 g/mol. The highest BCUT2D eigenvalue weighted by molar-refractivity contribution is 6.32. The molecule has 1 unspecified atom stereocenters. The number of hydrogen-bond donors (Lipinski definition) is 2. The molecule has 1 aromatic rings. The van der Waals surface area contributed by atoms with Gasteiger partial charge in [-0.2, -0.15) is 0 Å². The molecule has 0 aliphatic carbocycles. The van der Waals surface area contributed by atoms with Gasteiger partial charge in [0.1, 0.15) is 0 Å². The number of halogens is 1. The minimum atomic E-state index is 0.181. The second kappa shape index (κ2) is 7.46. The molecule has 1 atom stereocenters. The highest BCUT2D eigenvalue weighted by atomic mass is 35.5. The van der Waals surface area contributed by atoms with Crippen molar-refractivity contribution in [2.75, 3.05) is 20.8 Å². The Labute approximate surface area is 113 Å². The summed E-state index contributed by atoms with van der Waals surface area (Å²) in [6, 6.07) is 3.99. The predicted molar refractivity (Wildman–Crippen MR) is 72.6 cm³/mol. The molecule has 0 spiro atoms. The first-order valence-corrected chi connectivity index (χ1v) is 6.24. The molecule has 0 saturated heterocycles. The van der Waals surface area contributed by atoms with Crippen LogP contribution in [0.25, 0.3) is 0 Å². The fourth-order valence-electron chi connectivity index (χ4n) is 1.66. The number of nitrogens with one attached hydrogen (secondary N) is 1. The van der Waals surface area contributed by atoms with E-state index >= 15 is 0 Å². The first kappa shape index (κ1) is 15.1. The van der Waals surface area contributed by atoms with Crippen LogP contribution in [-0.4, -0.2) is 32.0 Å². The SMILES string of the molecule is COc1cc(CNC(C)CCO)cc(Cl)c1OC. The summed E-state index contributed by atoms with van der Waals surface area (Å²) in [5.74, 6) is 1.17. The zero-order chi connectivity index (χ0) is 13.5. The van der Waals surface area contributed by atoms with Crippen LogP contribution in [0.5, 0.6) is 11.5 Å². The Hall–Kier alpha value is -0.970. The van der Waals surface area contributed by atoms with Crippen LogP contribution in [0.1, 0.15) is 18.9 Å². The van der Waals surface area contributed by atoms with Crippen molar-refractivity contribution in [3.63, 3.8) is 0 Å². The molecule has 18 heavy (non-hydrogen) atoms. The molecule has 0 aliphatic heterocycles. The van der Waals surface area contributed by atoms with E-state index in [0.29, 0.717) is 23.1 Å². The summed E-state index contributed by atoms with van der Waals surface area (Å²) >= 11 is 6.12. The standard InChI is InChI=1S/C13H20ClNO3/c1-9(4-5-16)15-8-10-6-11(14)13(18-3)12(7-10)17-2/h6-7,9,15-16H,4-5,8H2,1-3H3. The number of methoxy groups -OCH3 is 2. The van der Waals surface area contributed by atoms with Gasteiger partial charge in [0.05, 0.1) is 19.2 Å². The van der Waals surface area contributed by atoms with Gasteiger partial charge in [-0.1, -0.05) is 11.6 Å². The van der Waals surface area contributed by atoms with Gasteiger partial charge in [0, 0.05) is 19.2 Å². The molecule has 0 aromatic heterocycles. The number of benzene rings is 1. The van der Waals surface area contributed by atoms with Crippen molar-refractivity contribution in [1.82, 2.24) is 5.32 Å². The van der Waals surface area contributed by atoms with Crippen molar-refractivity contribution in [2.45, 2.75) is 25.9 Å². The molecular formula is C13H20ClNO3. The van der Waals surface area contributed by atoms with Gasteiger partial charge in [-0.15, -0.1) is 0 Å². The normalized spacial score (nSPS) is 12.3. The van der Waals surface area contributed by atoms with Crippen LogP contribution in [0.3, 0.4) is 0 Å². The summed E-state index contributed by atoms with van der Waals surface area (Å²) in [5.41, 5.74) is 1.02. The Morgan fingerprint density at radius 1 is 1.33 bits per heavy atom. The van der Waals surface area contributed by atoms with Crippen LogP contribution >= 0.6 is 11.6 Å². The second-order valence-corrected chi connectivity index (χ2v) is 4.51. The molecule has 4 nitrogen and oxygen atoms in total. The Kier molecular flexibility index (Phi) is 6.25. The number of aliphatic hydroxyl groups excluding tert-OH is 1. The van der Waals surface area contributed by atoms with Gasteiger partial charge in [-0.3, -0.25) is 0 Å². The van der Waals surface area contributed by atoms with Crippen LogP contribution in [0.15, 0.2) is 12.1 Å². The fraction of sp³-hybridized carbons (Fsp3) is 0.538. The summed E-state index contributed by atoms with van der Waals surface area (Å²) < 4.78 is 10.4. The third-order valence-electron chi connectivity index (χ3n) is 2.71. The third-order valence-corrected chi connectivity index (χ3v) is 2.99. The van der Waals surface area contributed by atoms with Gasteiger partial charge in [-0.05, 0) is 31.0 Å². The van der Waals surface area contributed by atoms with Gasteiger partial charge in [-0.25, -0.2) is 0 Å². The zero-order valence-electron chi connectivity index (χ0n) is 11.0. The smallest absolute Gasteiger partial charge is 0.179 e. The van der Waals surface area contributed by atoms with Gasteiger partial charge >= 0.3 is 0 Å². The second-order valence-electron chi connectivity index (χ2n) is 4.11. The van der Waals surface area contributed by atoms with Gasteiger partial charge < -0.3 is 19.9 Å². The highest BCUT2D eigenvalue weighted by Gasteiger charge is 2.11. The van der Waals surface area contributed by atoms with E-state index in [0.717, 1.165) is 12.0 Å². The molecule has 0 saturated carbocycles. The maximum atomic E-state index is 8.83. The molecule has 0 radical (unpaired) electrons. The minimum absolute atomic E-state index is 0.181. The van der Waals surface area contributed by atoms with E-state index in [-0.39, 0.29) is 12.6 Å². The number of ether oxygens (including phenoxy) is 2. The summed E-state index contributed by atoms with van der Waals surface area (Å²) in [4.78, 5) is 0. The minimum Gasteiger partial charge on any atom is -0.493 e. The molecule has 1 aromatic carbocycles. The van der Waals surface area contributed by atoms with Gasteiger partial charge in [0.25, 0.3) is 0 Å². The average Bonchev–Trinajstić information content (AvgIpc) is 2.36. The maximum absolute atomic E-state index is 8.83. The zero-order valence-corrected chi connectivity index (χ0v) is 11.8. The van der Waals surface area contributed by atoms with Gasteiger partial charge in [0.15, 0.2) is 11.5 Å². The van der Waals surface area contributed by atoms with Crippen molar-refractivity contribution < 1.29 is 14.6 Å². The topological polar surface area (TPSA) is 50.7 Å². The molecule has 0 bridgehead atoms. The number of hydrogen-bond acceptors (Lipinski definition) is 4. The van der Waals surface area contributed by atoms with E-state index in [1.165, 1.54) is 0 Å². The Balaban J connectivity index is 2.75. The summed E-state index contributed by atoms with van der Waals surface area (Å²) in [6.07, 6.45) is 0.723. The predicted octanol–water partition coefficient (Wildman–Crippen LogP) is 2.22. The van der Waals surface area contributed by atoms with Gasteiger partial charge in [0.2, 0.25) is 0 Å². The molecule has 0 heterocycles. The molecule has 0 aliphatic rings. The third kappa shape index (κ3) is 4.05. The van der Waals surface area contributed by atoms with Crippen molar-refractivity contribution >= 4 is 11.6 Å². The maximum Gasteiger partial charge on any atom is 0.179 e.